The van der Waals surface area contributed by atoms with E-state index in [0.29, 0.717) is 19.0 Å². The van der Waals surface area contributed by atoms with E-state index in [0.717, 1.165) is 61.9 Å². The predicted octanol–water partition coefficient (Wildman–Crippen LogP) is 2.83. The van der Waals surface area contributed by atoms with Gasteiger partial charge < -0.3 is 20.1 Å². The molecule has 1 fully saturated rings. The van der Waals surface area contributed by atoms with Crippen molar-refractivity contribution in [3.63, 3.8) is 0 Å². The van der Waals surface area contributed by atoms with Crippen LogP contribution in [0.25, 0.3) is 0 Å². The SMILES string of the molecule is CCNC(=NCc1cccnc1OC1CCCC1)NC1CCc2nc(COC)nn2C1.I. The quantitative estimate of drug-likeness (QED) is 0.294. The number of guanidine groups is 1. The fourth-order valence-electron chi connectivity index (χ4n) is 4.16. The first-order valence-electron chi connectivity index (χ1n) is 11.3. The van der Waals surface area contributed by atoms with Crippen molar-refractivity contribution >= 4 is 29.9 Å². The van der Waals surface area contributed by atoms with Crippen LogP contribution in [0.15, 0.2) is 23.3 Å². The summed E-state index contributed by atoms with van der Waals surface area (Å²) in [6.07, 6.45) is 8.64. The van der Waals surface area contributed by atoms with Crippen molar-refractivity contribution in [2.24, 2.45) is 4.99 Å². The van der Waals surface area contributed by atoms with Crippen molar-refractivity contribution in [3.05, 3.63) is 35.5 Å². The van der Waals surface area contributed by atoms with Gasteiger partial charge in [-0.05, 0) is 45.1 Å². The van der Waals surface area contributed by atoms with Gasteiger partial charge in [0.05, 0.1) is 13.1 Å². The average Bonchev–Trinajstić information content (AvgIpc) is 3.42. The molecule has 1 aliphatic heterocycles. The molecular weight excluding hydrogens is 521 g/mol. The van der Waals surface area contributed by atoms with Gasteiger partial charge in [-0.15, -0.1) is 24.0 Å². The minimum absolute atomic E-state index is 0. The molecule has 0 amide bonds. The van der Waals surface area contributed by atoms with Crippen molar-refractivity contribution in [1.82, 2.24) is 30.4 Å². The van der Waals surface area contributed by atoms with Gasteiger partial charge in [0.15, 0.2) is 11.8 Å². The Morgan fingerprint density at radius 3 is 2.91 bits per heavy atom. The average molecular weight is 555 g/mol. The second kappa shape index (κ2) is 12.3. The van der Waals surface area contributed by atoms with Crippen molar-refractivity contribution < 1.29 is 9.47 Å². The third kappa shape index (κ3) is 6.53. The molecule has 4 rings (SSSR count). The molecule has 2 aromatic heterocycles. The molecule has 1 aliphatic carbocycles. The van der Waals surface area contributed by atoms with E-state index < -0.39 is 0 Å². The summed E-state index contributed by atoms with van der Waals surface area (Å²) in [6, 6.07) is 4.23. The number of nitrogens with one attached hydrogen (secondary N) is 2. The highest BCUT2D eigenvalue weighted by atomic mass is 127. The van der Waals surface area contributed by atoms with Gasteiger partial charge in [0.1, 0.15) is 18.5 Å². The summed E-state index contributed by atoms with van der Waals surface area (Å²) < 4.78 is 13.3. The summed E-state index contributed by atoms with van der Waals surface area (Å²) in [7, 11) is 1.66. The maximum absolute atomic E-state index is 6.16. The van der Waals surface area contributed by atoms with E-state index >= 15 is 0 Å². The van der Waals surface area contributed by atoms with Crippen LogP contribution in [0.3, 0.4) is 0 Å². The van der Waals surface area contributed by atoms with Gasteiger partial charge in [-0.3, -0.25) is 0 Å². The number of hydrogen-bond acceptors (Lipinski definition) is 6. The van der Waals surface area contributed by atoms with Gasteiger partial charge in [-0.25, -0.2) is 19.6 Å². The summed E-state index contributed by atoms with van der Waals surface area (Å²) in [6.45, 7) is 4.59. The number of ether oxygens (including phenoxy) is 2. The van der Waals surface area contributed by atoms with E-state index in [1.54, 1.807) is 13.3 Å². The first-order chi connectivity index (χ1) is 15.2. The smallest absolute Gasteiger partial charge is 0.218 e. The molecule has 1 saturated carbocycles. The van der Waals surface area contributed by atoms with Crippen LogP contribution in [0.4, 0.5) is 0 Å². The zero-order chi connectivity index (χ0) is 21.5. The molecule has 2 N–H and O–H groups in total. The number of hydrogen-bond donors (Lipinski definition) is 2. The van der Waals surface area contributed by atoms with Gasteiger partial charge in [-0.2, -0.15) is 5.10 Å². The molecule has 3 heterocycles. The highest BCUT2D eigenvalue weighted by molar-refractivity contribution is 14.0. The normalized spacial score (nSPS) is 18.7. The molecule has 2 aromatic rings. The number of fused-ring (bicyclic) bond motifs is 1. The minimum atomic E-state index is 0. The highest BCUT2D eigenvalue weighted by Gasteiger charge is 2.23. The van der Waals surface area contributed by atoms with Crippen LogP contribution in [0.2, 0.25) is 0 Å². The maximum atomic E-state index is 6.16. The molecular formula is C22H34IN7O2. The second-order valence-electron chi connectivity index (χ2n) is 8.13. The Hall–Kier alpha value is -1.95. The van der Waals surface area contributed by atoms with Crippen LogP contribution in [0.1, 0.15) is 56.2 Å². The largest absolute Gasteiger partial charge is 0.474 e. The van der Waals surface area contributed by atoms with E-state index in [4.69, 9.17) is 14.5 Å². The Bertz CT molecular complexity index is 883. The van der Waals surface area contributed by atoms with Crippen molar-refractivity contribution in [1.29, 1.82) is 0 Å². The van der Waals surface area contributed by atoms with E-state index in [1.165, 1.54) is 12.8 Å². The van der Waals surface area contributed by atoms with Gasteiger partial charge in [0, 0.05) is 37.9 Å². The lowest BCUT2D eigenvalue weighted by Crippen LogP contribution is -2.47. The first kappa shape index (κ1) is 24.7. The molecule has 0 spiro atoms. The number of aromatic nitrogens is 4. The molecule has 32 heavy (non-hydrogen) atoms. The molecule has 1 atom stereocenters. The lowest BCUT2D eigenvalue weighted by atomic mass is 10.1. The Kier molecular flexibility index (Phi) is 9.51. The molecule has 176 valence electrons. The number of halogens is 1. The van der Waals surface area contributed by atoms with Crippen molar-refractivity contribution in [3.8, 4) is 5.88 Å². The summed E-state index contributed by atoms with van der Waals surface area (Å²) >= 11 is 0. The molecule has 9 nitrogen and oxygen atoms in total. The number of aliphatic imine (C=N–C) groups is 1. The first-order valence-corrected chi connectivity index (χ1v) is 11.3. The van der Waals surface area contributed by atoms with Gasteiger partial charge in [0.25, 0.3) is 0 Å². The summed E-state index contributed by atoms with van der Waals surface area (Å²) in [5.74, 6) is 3.27. The summed E-state index contributed by atoms with van der Waals surface area (Å²) in [5.41, 5.74) is 1.01. The number of rotatable bonds is 8. The molecule has 2 aliphatic rings. The molecule has 0 bridgehead atoms. The third-order valence-electron chi connectivity index (χ3n) is 5.70. The number of methoxy groups -OCH3 is 1. The predicted molar refractivity (Wildman–Crippen MR) is 133 cm³/mol. The molecule has 1 unspecified atom stereocenters. The zero-order valence-electron chi connectivity index (χ0n) is 18.9. The second-order valence-corrected chi connectivity index (χ2v) is 8.13. The fourth-order valence-corrected chi connectivity index (χ4v) is 4.16. The van der Waals surface area contributed by atoms with Crippen LogP contribution >= 0.6 is 24.0 Å². The Balaban J connectivity index is 0.00000289. The minimum Gasteiger partial charge on any atom is -0.474 e. The fraction of sp³-hybridized carbons (Fsp3) is 0.636. The summed E-state index contributed by atoms with van der Waals surface area (Å²) in [4.78, 5) is 13.8. The Morgan fingerprint density at radius 2 is 2.12 bits per heavy atom. The van der Waals surface area contributed by atoms with Gasteiger partial charge >= 0.3 is 0 Å². The molecule has 0 saturated heterocycles. The van der Waals surface area contributed by atoms with Crippen LogP contribution in [-0.2, 0) is 30.9 Å². The highest BCUT2D eigenvalue weighted by Crippen LogP contribution is 2.25. The lowest BCUT2D eigenvalue weighted by molar-refractivity contribution is 0.177. The summed E-state index contributed by atoms with van der Waals surface area (Å²) in [5, 5.41) is 11.5. The maximum Gasteiger partial charge on any atom is 0.218 e. The Labute approximate surface area is 206 Å². The Morgan fingerprint density at radius 1 is 1.28 bits per heavy atom. The standard InChI is InChI=1S/C22H33N7O2.HI/c1-3-23-22(26-17-10-11-20-27-19(15-30-2)28-29(20)14-17)25-13-16-7-6-12-24-21(16)31-18-8-4-5-9-18;/h6-7,12,17-18H,3-5,8-11,13-15H2,1-2H3,(H2,23,25,26);1H. The molecule has 0 aromatic carbocycles. The van der Waals surface area contributed by atoms with E-state index in [1.807, 2.05) is 16.8 Å². The number of aryl methyl sites for hydroxylation is 1. The van der Waals surface area contributed by atoms with Gasteiger partial charge in [0.2, 0.25) is 5.88 Å². The van der Waals surface area contributed by atoms with Crippen LogP contribution in [-0.4, -0.2) is 51.5 Å². The number of nitrogens with zero attached hydrogens (tertiary/aromatic N) is 5. The topological polar surface area (TPSA) is 98.5 Å². The van der Waals surface area contributed by atoms with E-state index in [2.05, 4.69) is 32.6 Å². The molecule has 0 radical (unpaired) electrons. The monoisotopic (exact) mass is 555 g/mol. The lowest BCUT2D eigenvalue weighted by Gasteiger charge is -2.25. The van der Waals surface area contributed by atoms with Crippen LogP contribution in [0.5, 0.6) is 5.88 Å². The van der Waals surface area contributed by atoms with Crippen molar-refractivity contribution in [2.45, 2.75) is 77.3 Å². The third-order valence-corrected chi connectivity index (χ3v) is 5.70. The zero-order valence-corrected chi connectivity index (χ0v) is 21.2. The van der Waals surface area contributed by atoms with E-state index in [-0.39, 0.29) is 36.1 Å². The van der Waals surface area contributed by atoms with Gasteiger partial charge in [-0.1, -0.05) is 6.07 Å². The number of pyridine rings is 1. The van der Waals surface area contributed by atoms with Crippen molar-refractivity contribution in [2.75, 3.05) is 13.7 Å². The van der Waals surface area contributed by atoms with Crippen LogP contribution < -0.4 is 15.4 Å². The molecule has 10 heteroatoms. The van der Waals surface area contributed by atoms with E-state index in [9.17, 15) is 0 Å². The van der Waals surface area contributed by atoms with Crippen LogP contribution in [0, 0.1) is 0 Å².